The average molecular weight is 296 g/mol. The van der Waals surface area contributed by atoms with Gasteiger partial charge in [0.05, 0.1) is 0 Å². The second kappa shape index (κ2) is 9.12. The van der Waals surface area contributed by atoms with Gasteiger partial charge in [-0.25, -0.2) is 0 Å². The fraction of sp³-hybridized carbons (Fsp3) is 1.00. The second-order valence-electron chi connectivity index (χ2n) is 7.03. The molecule has 3 heteroatoms. The summed E-state index contributed by atoms with van der Waals surface area (Å²) in [4.78, 5) is 5.37. The molecule has 1 aliphatic heterocycles. The first kappa shape index (κ1) is 17.2. The van der Waals surface area contributed by atoms with Crippen molar-refractivity contribution >= 4 is 0 Å². The van der Waals surface area contributed by atoms with Crippen LogP contribution in [0.3, 0.4) is 0 Å². The topological polar surface area (TPSA) is 18.5 Å². The first-order chi connectivity index (χ1) is 10.3. The van der Waals surface area contributed by atoms with Crippen LogP contribution in [0.4, 0.5) is 0 Å². The molecule has 2 aliphatic rings. The molecule has 2 atom stereocenters. The van der Waals surface area contributed by atoms with Gasteiger partial charge in [0.2, 0.25) is 0 Å². The van der Waals surface area contributed by atoms with Gasteiger partial charge >= 0.3 is 0 Å². The van der Waals surface area contributed by atoms with E-state index in [1.54, 1.807) is 0 Å². The van der Waals surface area contributed by atoms with Crippen molar-refractivity contribution in [1.82, 2.24) is 15.1 Å². The van der Waals surface area contributed by atoms with Gasteiger partial charge in [-0.05, 0) is 57.8 Å². The summed E-state index contributed by atoms with van der Waals surface area (Å²) in [6.45, 7) is 14.4. The van der Waals surface area contributed by atoms with Gasteiger partial charge in [-0.2, -0.15) is 0 Å². The van der Waals surface area contributed by atoms with Crippen LogP contribution in [0, 0.1) is 5.92 Å². The number of nitrogens with one attached hydrogen (secondary N) is 1. The third kappa shape index (κ3) is 4.94. The summed E-state index contributed by atoms with van der Waals surface area (Å²) in [6.07, 6.45) is 8.44. The van der Waals surface area contributed by atoms with E-state index in [9.17, 15) is 0 Å². The van der Waals surface area contributed by atoms with Crippen molar-refractivity contribution in [2.24, 2.45) is 5.92 Å². The van der Waals surface area contributed by atoms with Crippen LogP contribution in [0.1, 0.15) is 59.3 Å². The minimum Gasteiger partial charge on any atom is -0.312 e. The Hall–Kier alpha value is -0.120. The fourth-order valence-electron chi connectivity index (χ4n) is 4.36. The predicted molar refractivity (Wildman–Crippen MR) is 91.8 cm³/mol. The van der Waals surface area contributed by atoms with E-state index in [0.29, 0.717) is 0 Å². The van der Waals surface area contributed by atoms with Crippen molar-refractivity contribution in [3.8, 4) is 0 Å². The summed E-state index contributed by atoms with van der Waals surface area (Å²) in [5, 5.41) is 3.86. The maximum Gasteiger partial charge on any atom is 0.0235 e. The average Bonchev–Trinajstić information content (AvgIpc) is 3.16. The van der Waals surface area contributed by atoms with Crippen LogP contribution in [0.5, 0.6) is 0 Å². The molecule has 2 unspecified atom stereocenters. The molecule has 0 radical (unpaired) electrons. The van der Waals surface area contributed by atoms with Gasteiger partial charge in [0.15, 0.2) is 0 Å². The zero-order valence-corrected chi connectivity index (χ0v) is 14.6. The Morgan fingerprint density at radius 1 is 1.10 bits per heavy atom. The molecule has 1 heterocycles. The number of likely N-dealkylation sites (N-methyl/N-ethyl adjacent to an activating group) is 1. The van der Waals surface area contributed by atoms with Crippen molar-refractivity contribution in [3.05, 3.63) is 0 Å². The van der Waals surface area contributed by atoms with E-state index in [-0.39, 0.29) is 0 Å². The van der Waals surface area contributed by atoms with Crippen LogP contribution in [0.25, 0.3) is 0 Å². The Kier molecular flexibility index (Phi) is 7.48. The highest BCUT2D eigenvalue weighted by Crippen LogP contribution is 2.29. The van der Waals surface area contributed by atoms with E-state index in [0.717, 1.165) is 18.0 Å². The van der Waals surface area contributed by atoms with Gasteiger partial charge in [0, 0.05) is 25.2 Å². The third-order valence-electron chi connectivity index (χ3n) is 5.66. The van der Waals surface area contributed by atoms with Crippen molar-refractivity contribution in [2.45, 2.75) is 71.4 Å². The largest absolute Gasteiger partial charge is 0.312 e. The smallest absolute Gasteiger partial charge is 0.0235 e. The molecule has 0 amide bonds. The minimum absolute atomic E-state index is 0.739. The summed E-state index contributed by atoms with van der Waals surface area (Å²) in [7, 11) is 0. The van der Waals surface area contributed by atoms with E-state index in [1.807, 2.05) is 0 Å². The lowest BCUT2D eigenvalue weighted by atomic mass is 9.97. The zero-order chi connectivity index (χ0) is 15.1. The Morgan fingerprint density at radius 3 is 2.43 bits per heavy atom. The van der Waals surface area contributed by atoms with Crippen molar-refractivity contribution in [1.29, 1.82) is 0 Å². The molecule has 124 valence electrons. The Labute approximate surface area is 132 Å². The molecule has 0 aromatic carbocycles. The molecule has 1 saturated heterocycles. The van der Waals surface area contributed by atoms with Gasteiger partial charge in [-0.3, -0.25) is 4.90 Å². The Bertz CT molecular complexity index is 272. The highest BCUT2D eigenvalue weighted by atomic mass is 15.3. The van der Waals surface area contributed by atoms with Crippen molar-refractivity contribution < 1.29 is 0 Å². The molecule has 0 bridgehead atoms. The maximum atomic E-state index is 3.86. The first-order valence-corrected chi connectivity index (χ1v) is 9.48. The molecule has 0 spiro atoms. The number of likely N-dealkylation sites (tertiary alicyclic amines) is 1. The summed E-state index contributed by atoms with van der Waals surface area (Å²) in [6, 6.07) is 1.54. The number of rotatable bonds is 9. The van der Waals surface area contributed by atoms with E-state index >= 15 is 0 Å². The molecule has 1 N–H and O–H groups in total. The van der Waals surface area contributed by atoms with Crippen molar-refractivity contribution in [3.63, 3.8) is 0 Å². The van der Waals surface area contributed by atoms with E-state index in [1.165, 1.54) is 77.8 Å². The molecule has 21 heavy (non-hydrogen) atoms. The quantitative estimate of drug-likeness (QED) is 0.705. The van der Waals surface area contributed by atoms with Crippen molar-refractivity contribution in [2.75, 3.05) is 39.3 Å². The lowest BCUT2D eigenvalue weighted by molar-refractivity contribution is 0.194. The predicted octanol–water partition coefficient (Wildman–Crippen LogP) is 2.96. The summed E-state index contributed by atoms with van der Waals surface area (Å²) in [5.74, 6) is 0.934. The highest BCUT2D eigenvalue weighted by Gasteiger charge is 2.31. The summed E-state index contributed by atoms with van der Waals surface area (Å²) < 4.78 is 0. The number of nitrogens with zero attached hydrogens (tertiary/aromatic N) is 2. The van der Waals surface area contributed by atoms with Crippen LogP contribution >= 0.6 is 0 Å². The Balaban J connectivity index is 1.82. The first-order valence-electron chi connectivity index (χ1n) is 9.48. The lowest BCUT2D eigenvalue weighted by Crippen LogP contribution is -2.46. The van der Waals surface area contributed by atoms with Crippen LogP contribution < -0.4 is 5.32 Å². The van der Waals surface area contributed by atoms with Crippen LogP contribution in [-0.2, 0) is 0 Å². The molecular formula is C18H37N3. The van der Waals surface area contributed by atoms with Gasteiger partial charge in [0.1, 0.15) is 0 Å². The summed E-state index contributed by atoms with van der Waals surface area (Å²) in [5.41, 5.74) is 0. The molecule has 0 aromatic heterocycles. The van der Waals surface area contributed by atoms with E-state index < -0.39 is 0 Å². The van der Waals surface area contributed by atoms with Gasteiger partial charge < -0.3 is 10.2 Å². The van der Waals surface area contributed by atoms with Gasteiger partial charge in [-0.15, -0.1) is 0 Å². The minimum atomic E-state index is 0.739. The lowest BCUT2D eigenvalue weighted by Gasteiger charge is -2.30. The zero-order valence-electron chi connectivity index (χ0n) is 14.6. The highest BCUT2D eigenvalue weighted by molar-refractivity contribution is 4.88. The molecule has 3 nitrogen and oxygen atoms in total. The second-order valence-corrected chi connectivity index (χ2v) is 7.03. The fourth-order valence-corrected chi connectivity index (χ4v) is 4.36. The van der Waals surface area contributed by atoms with Crippen LogP contribution in [-0.4, -0.2) is 61.2 Å². The molecule has 1 aliphatic carbocycles. The Morgan fingerprint density at radius 2 is 1.81 bits per heavy atom. The normalized spacial score (nSPS) is 26.0. The molecule has 1 saturated carbocycles. The molecule has 2 rings (SSSR count). The van der Waals surface area contributed by atoms with Gasteiger partial charge in [0.25, 0.3) is 0 Å². The summed E-state index contributed by atoms with van der Waals surface area (Å²) >= 11 is 0. The van der Waals surface area contributed by atoms with E-state index in [2.05, 4.69) is 35.9 Å². The number of hydrogen-bond acceptors (Lipinski definition) is 3. The van der Waals surface area contributed by atoms with Crippen LogP contribution in [0.15, 0.2) is 0 Å². The monoisotopic (exact) mass is 295 g/mol. The standard InChI is InChI=1S/C18H37N3/c1-4-12-19-18(16-9-7-8-10-16)15-20-13-11-17(14-20)21(5-2)6-3/h16-19H,4-15H2,1-3H3. The maximum absolute atomic E-state index is 3.86. The molecule has 2 fully saturated rings. The molecular weight excluding hydrogens is 258 g/mol. The van der Waals surface area contributed by atoms with Gasteiger partial charge in [-0.1, -0.05) is 33.6 Å². The van der Waals surface area contributed by atoms with Crippen LogP contribution in [0.2, 0.25) is 0 Å². The molecule has 0 aromatic rings. The van der Waals surface area contributed by atoms with E-state index in [4.69, 9.17) is 0 Å². The number of hydrogen-bond donors (Lipinski definition) is 1. The third-order valence-corrected chi connectivity index (χ3v) is 5.66. The SMILES string of the molecule is CCCNC(CN1CCC(N(CC)CC)C1)C1CCCC1.